The Labute approximate surface area is 134 Å². The largest absolute Gasteiger partial charge is 0.479 e. The first kappa shape index (κ1) is 17.4. The van der Waals surface area contributed by atoms with Gasteiger partial charge >= 0.3 is 0 Å². The van der Waals surface area contributed by atoms with Gasteiger partial charge in [-0.05, 0) is 25.3 Å². The van der Waals surface area contributed by atoms with Crippen LogP contribution in [0.4, 0.5) is 0 Å². The van der Waals surface area contributed by atoms with Crippen molar-refractivity contribution in [2.24, 2.45) is 5.92 Å². The number of nitrogens with one attached hydrogen (secondary N) is 1. The number of ether oxygens (including phenoxy) is 1. The van der Waals surface area contributed by atoms with Gasteiger partial charge in [0.05, 0.1) is 15.1 Å². The summed E-state index contributed by atoms with van der Waals surface area (Å²) in [4.78, 5) is 11.9. The van der Waals surface area contributed by atoms with Gasteiger partial charge in [-0.15, -0.1) is 0 Å². The number of carbonyl (C=O) groups excluding carboxylic acids is 1. The topological polar surface area (TPSA) is 38.3 Å². The Bertz CT molecular complexity index is 478. The fraction of sp³-hybridized carbons (Fsp3) is 0.500. The summed E-state index contributed by atoms with van der Waals surface area (Å²) >= 11 is 17.7. The first-order chi connectivity index (χ1) is 9.31. The predicted molar refractivity (Wildman–Crippen MR) is 84.0 cm³/mol. The van der Waals surface area contributed by atoms with Gasteiger partial charge in [0.25, 0.3) is 5.91 Å². The lowest BCUT2D eigenvalue weighted by Gasteiger charge is -2.16. The molecule has 0 unspecified atom stereocenters. The maximum Gasteiger partial charge on any atom is 0.260 e. The molecule has 0 spiro atoms. The molecule has 0 fully saturated rings. The van der Waals surface area contributed by atoms with Crippen LogP contribution >= 0.6 is 34.8 Å². The Hall–Kier alpha value is -0.640. The van der Waals surface area contributed by atoms with E-state index in [-0.39, 0.29) is 5.91 Å². The van der Waals surface area contributed by atoms with E-state index in [2.05, 4.69) is 19.2 Å². The van der Waals surface area contributed by atoms with Gasteiger partial charge in [0, 0.05) is 12.6 Å². The molecule has 0 saturated carbocycles. The molecular formula is C14H18Cl3NO2. The Morgan fingerprint density at radius 2 is 1.75 bits per heavy atom. The van der Waals surface area contributed by atoms with Gasteiger partial charge < -0.3 is 10.1 Å². The van der Waals surface area contributed by atoms with E-state index in [4.69, 9.17) is 39.5 Å². The van der Waals surface area contributed by atoms with Crippen molar-refractivity contribution in [2.75, 3.05) is 6.54 Å². The van der Waals surface area contributed by atoms with Gasteiger partial charge in [-0.25, -0.2) is 0 Å². The summed E-state index contributed by atoms with van der Waals surface area (Å²) in [6.07, 6.45) is 0.267. The fourth-order valence-electron chi connectivity index (χ4n) is 1.47. The normalized spacial score (nSPS) is 12.3. The average Bonchev–Trinajstić information content (AvgIpc) is 2.35. The molecule has 0 aliphatic heterocycles. The minimum Gasteiger partial charge on any atom is -0.479 e. The lowest BCUT2D eigenvalue weighted by molar-refractivity contribution is -0.127. The molecule has 0 heterocycles. The van der Waals surface area contributed by atoms with Gasteiger partial charge in [0.15, 0.2) is 6.10 Å². The van der Waals surface area contributed by atoms with Crippen LogP contribution in [0.15, 0.2) is 12.1 Å². The van der Waals surface area contributed by atoms with E-state index in [9.17, 15) is 4.79 Å². The molecule has 0 aliphatic carbocycles. The highest BCUT2D eigenvalue weighted by molar-refractivity contribution is 6.43. The number of hydrogen-bond acceptors (Lipinski definition) is 2. The van der Waals surface area contributed by atoms with Crippen LogP contribution in [0.2, 0.25) is 15.1 Å². The van der Waals surface area contributed by atoms with E-state index in [1.54, 1.807) is 6.92 Å². The summed E-state index contributed by atoms with van der Waals surface area (Å²) in [5.74, 6) is 0.691. The third kappa shape index (κ3) is 5.39. The molecule has 0 aromatic heterocycles. The molecule has 6 heteroatoms. The zero-order chi connectivity index (χ0) is 15.3. The molecular weight excluding hydrogens is 321 g/mol. The van der Waals surface area contributed by atoms with Crippen molar-refractivity contribution in [3.8, 4) is 5.75 Å². The quantitative estimate of drug-likeness (QED) is 0.771. The van der Waals surface area contributed by atoms with Crippen LogP contribution in [0.25, 0.3) is 0 Å². The zero-order valence-corrected chi connectivity index (χ0v) is 13.9. The zero-order valence-electron chi connectivity index (χ0n) is 11.7. The van der Waals surface area contributed by atoms with Crippen molar-refractivity contribution in [1.29, 1.82) is 0 Å². The van der Waals surface area contributed by atoms with Crippen molar-refractivity contribution in [3.63, 3.8) is 0 Å². The van der Waals surface area contributed by atoms with Crippen LogP contribution in [0.3, 0.4) is 0 Å². The third-order valence-electron chi connectivity index (χ3n) is 2.67. The number of hydrogen-bond donors (Lipinski definition) is 1. The van der Waals surface area contributed by atoms with Crippen LogP contribution in [-0.2, 0) is 4.79 Å². The first-order valence-corrected chi connectivity index (χ1v) is 7.53. The van der Waals surface area contributed by atoms with Crippen LogP contribution < -0.4 is 10.1 Å². The highest BCUT2D eigenvalue weighted by Gasteiger charge is 2.17. The number of halogens is 3. The van der Waals surface area contributed by atoms with Gasteiger partial charge in [-0.2, -0.15) is 0 Å². The van der Waals surface area contributed by atoms with Crippen LogP contribution in [0.5, 0.6) is 5.75 Å². The molecule has 0 saturated heterocycles. The van der Waals surface area contributed by atoms with E-state index in [0.29, 0.717) is 33.3 Å². The molecule has 112 valence electrons. The predicted octanol–water partition coefficient (Wildman–Crippen LogP) is 4.58. The number of rotatable bonds is 6. The Morgan fingerprint density at radius 3 is 2.35 bits per heavy atom. The fourth-order valence-corrected chi connectivity index (χ4v) is 2.05. The van der Waals surface area contributed by atoms with Gasteiger partial charge in [-0.1, -0.05) is 48.7 Å². The Morgan fingerprint density at radius 1 is 1.15 bits per heavy atom. The lowest BCUT2D eigenvalue weighted by atomic mass is 10.1. The number of benzene rings is 1. The second kappa shape index (κ2) is 7.96. The molecule has 20 heavy (non-hydrogen) atoms. The average molecular weight is 339 g/mol. The van der Waals surface area contributed by atoms with E-state index >= 15 is 0 Å². The molecule has 1 atom stereocenters. The third-order valence-corrected chi connectivity index (χ3v) is 3.69. The molecule has 1 rings (SSSR count). The highest BCUT2D eigenvalue weighted by atomic mass is 35.5. The van der Waals surface area contributed by atoms with Gasteiger partial charge in [0.1, 0.15) is 5.75 Å². The minimum absolute atomic E-state index is 0.187. The van der Waals surface area contributed by atoms with Crippen molar-refractivity contribution in [2.45, 2.75) is 33.3 Å². The maximum atomic E-state index is 11.9. The lowest BCUT2D eigenvalue weighted by Crippen LogP contribution is -2.37. The maximum absolute atomic E-state index is 11.9. The van der Waals surface area contributed by atoms with E-state index in [1.165, 1.54) is 12.1 Å². The molecule has 3 nitrogen and oxygen atoms in total. The molecule has 1 aromatic carbocycles. The van der Waals surface area contributed by atoms with Crippen LogP contribution in [-0.4, -0.2) is 18.6 Å². The van der Waals surface area contributed by atoms with E-state index in [1.807, 2.05) is 0 Å². The summed E-state index contributed by atoms with van der Waals surface area (Å²) < 4.78 is 5.51. The van der Waals surface area contributed by atoms with Gasteiger partial charge in [0.2, 0.25) is 0 Å². The standard InChI is InChI=1S/C14H18Cl3NO2/c1-8(2)4-5-18-14(19)9(3)20-13-7-11(16)10(15)6-12(13)17/h6-9H,4-5H2,1-3H3,(H,18,19)/t9-/m0/s1. The molecule has 0 bridgehead atoms. The highest BCUT2D eigenvalue weighted by Crippen LogP contribution is 2.34. The molecule has 1 amide bonds. The first-order valence-electron chi connectivity index (χ1n) is 6.40. The van der Waals surface area contributed by atoms with Crippen LogP contribution in [0, 0.1) is 5.92 Å². The second-order valence-corrected chi connectivity index (χ2v) is 6.15. The van der Waals surface area contributed by atoms with Crippen molar-refractivity contribution < 1.29 is 9.53 Å². The monoisotopic (exact) mass is 337 g/mol. The molecule has 1 aromatic rings. The van der Waals surface area contributed by atoms with Crippen LogP contribution in [0.1, 0.15) is 27.2 Å². The Kier molecular flexibility index (Phi) is 6.93. The SMILES string of the molecule is CC(C)CCNC(=O)[C@H](C)Oc1cc(Cl)c(Cl)cc1Cl. The number of carbonyl (C=O) groups is 1. The minimum atomic E-state index is -0.656. The summed E-state index contributed by atoms with van der Waals surface area (Å²) in [5, 5.41) is 3.81. The smallest absolute Gasteiger partial charge is 0.260 e. The van der Waals surface area contributed by atoms with E-state index in [0.717, 1.165) is 6.42 Å². The number of amides is 1. The van der Waals surface area contributed by atoms with Crippen molar-refractivity contribution in [1.82, 2.24) is 5.32 Å². The molecule has 0 aliphatic rings. The van der Waals surface area contributed by atoms with Gasteiger partial charge in [-0.3, -0.25) is 4.79 Å². The second-order valence-electron chi connectivity index (χ2n) is 4.93. The van der Waals surface area contributed by atoms with Crippen molar-refractivity contribution >= 4 is 40.7 Å². The molecule has 1 N–H and O–H groups in total. The Balaban J connectivity index is 2.59. The van der Waals surface area contributed by atoms with E-state index < -0.39 is 6.10 Å². The summed E-state index contributed by atoms with van der Waals surface area (Å²) in [7, 11) is 0. The molecule has 0 radical (unpaired) electrons. The summed E-state index contributed by atoms with van der Waals surface area (Å²) in [5.41, 5.74) is 0. The summed E-state index contributed by atoms with van der Waals surface area (Å²) in [6.45, 7) is 6.48. The summed E-state index contributed by atoms with van der Waals surface area (Å²) in [6, 6.07) is 2.99. The van der Waals surface area contributed by atoms with Crippen molar-refractivity contribution in [3.05, 3.63) is 27.2 Å².